The zero-order valence-electron chi connectivity index (χ0n) is 20.5. The fraction of sp³-hybridized carbons (Fsp3) is 0.259. The van der Waals surface area contributed by atoms with Gasteiger partial charge in [-0.05, 0) is 60.3 Å². The molecule has 3 heterocycles. The Balaban J connectivity index is 1.49. The van der Waals surface area contributed by atoms with Crippen molar-refractivity contribution in [2.75, 3.05) is 47.6 Å². The lowest BCUT2D eigenvalue weighted by Gasteiger charge is -2.28. The average Bonchev–Trinajstić information content (AvgIpc) is 2.90. The second-order valence-corrected chi connectivity index (χ2v) is 10.9. The lowest BCUT2D eigenvalue weighted by molar-refractivity contribution is 0.122. The quantitative estimate of drug-likeness (QED) is 0.313. The van der Waals surface area contributed by atoms with Crippen molar-refractivity contribution in [3.63, 3.8) is 0 Å². The van der Waals surface area contributed by atoms with Crippen molar-refractivity contribution >= 4 is 49.3 Å². The van der Waals surface area contributed by atoms with Crippen LogP contribution in [-0.2, 0) is 14.6 Å². The van der Waals surface area contributed by atoms with Gasteiger partial charge < -0.3 is 25.3 Å². The van der Waals surface area contributed by atoms with E-state index in [0.29, 0.717) is 47.7 Å². The first-order valence-corrected chi connectivity index (χ1v) is 13.9. The first-order valence-electron chi connectivity index (χ1n) is 12.3. The number of aromatic amines is 1. The fourth-order valence-corrected chi connectivity index (χ4v) is 5.94. The standard InChI is InChI=1S/C27H29N5O4S/c1-2-17-37(34,35)23-6-4-3-5-22(23)30-24-18-19-11-12-28-27(33)25(19)26(31-24)29-20-7-9-21(10-8-20)32-13-15-36-16-14-32/h3-12,18H,2,13-17H2,1H3,(H,28,33)(H2,29,30,31). The molecule has 37 heavy (non-hydrogen) atoms. The van der Waals surface area contributed by atoms with Gasteiger partial charge in [0.25, 0.3) is 5.56 Å². The molecule has 4 aromatic rings. The zero-order valence-corrected chi connectivity index (χ0v) is 21.3. The van der Waals surface area contributed by atoms with Gasteiger partial charge in [0.05, 0.1) is 34.9 Å². The number of hydrogen-bond acceptors (Lipinski definition) is 8. The highest BCUT2D eigenvalue weighted by Crippen LogP contribution is 2.30. The second kappa shape index (κ2) is 10.6. The van der Waals surface area contributed by atoms with Crippen LogP contribution in [0.2, 0.25) is 0 Å². The third-order valence-corrected chi connectivity index (χ3v) is 8.19. The summed E-state index contributed by atoms with van der Waals surface area (Å²) in [4.78, 5) is 22.6. The highest BCUT2D eigenvalue weighted by molar-refractivity contribution is 7.91. The smallest absolute Gasteiger partial charge is 0.259 e. The minimum absolute atomic E-state index is 0.0550. The van der Waals surface area contributed by atoms with E-state index >= 15 is 0 Å². The first kappa shape index (κ1) is 24.8. The Kier molecular flexibility index (Phi) is 7.11. The molecule has 192 valence electrons. The molecule has 1 fully saturated rings. The normalized spacial score (nSPS) is 14.0. The molecule has 0 atom stereocenters. The summed E-state index contributed by atoms with van der Waals surface area (Å²) in [7, 11) is -3.46. The molecule has 5 rings (SSSR count). The average molecular weight is 520 g/mol. The molecule has 2 aromatic heterocycles. The van der Waals surface area contributed by atoms with Crippen molar-refractivity contribution < 1.29 is 13.2 Å². The summed E-state index contributed by atoms with van der Waals surface area (Å²) in [6, 6.07) is 18.2. The van der Waals surface area contributed by atoms with E-state index in [-0.39, 0.29) is 16.2 Å². The Morgan fingerprint density at radius 1 is 1.03 bits per heavy atom. The van der Waals surface area contributed by atoms with Gasteiger partial charge in [0, 0.05) is 30.7 Å². The predicted molar refractivity (Wildman–Crippen MR) is 147 cm³/mol. The number of pyridine rings is 2. The van der Waals surface area contributed by atoms with Gasteiger partial charge in [-0.15, -0.1) is 0 Å². The van der Waals surface area contributed by atoms with E-state index in [1.165, 1.54) is 0 Å². The summed E-state index contributed by atoms with van der Waals surface area (Å²) in [6.07, 6.45) is 2.10. The molecule has 0 aliphatic carbocycles. The van der Waals surface area contributed by atoms with E-state index in [1.807, 2.05) is 31.2 Å². The van der Waals surface area contributed by atoms with Gasteiger partial charge in [0.15, 0.2) is 9.84 Å². The SMILES string of the molecule is CCCS(=O)(=O)c1ccccc1Nc1cc2cc[nH]c(=O)c2c(Nc2ccc(N3CCOCC3)cc2)n1. The van der Waals surface area contributed by atoms with Gasteiger partial charge in [-0.25, -0.2) is 13.4 Å². The van der Waals surface area contributed by atoms with Gasteiger partial charge in [0.1, 0.15) is 11.6 Å². The topological polar surface area (TPSA) is 116 Å². The summed E-state index contributed by atoms with van der Waals surface area (Å²) >= 11 is 0. The van der Waals surface area contributed by atoms with Gasteiger partial charge in [-0.3, -0.25) is 4.79 Å². The molecule has 0 spiro atoms. The van der Waals surface area contributed by atoms with Crippen molar-refractivity contribution in [1.29, 1.82) is 0 Å². The summed E-state index contributed by atoms with van der Waals surface area (Å²) in [6.45, 7) is 4.94. The first-order chi connectivity index (χ1) is 17.9. The molecule has 0 bridgehead atoms. The van der Waals surface area contributed by atoms with Crippen LogP contribution in [0.15, 0.2) is 76.6 Å². The second-order valence-electron chi connectivity index (χ2n) is 8.84. The number of ether oxygens (including phenoxy) is 1. The Hall–Kier alpha value is -3.89. The largest absolute Gasteiger partial charge is 0.378 e. The number of H-pyrrole nitrogens is 1. The summed E-state index contributed by atoms with van der Waals surface area (Å²) < 4.78 is 31.1. The van der Waals surface area contributed by atoms with Crippen LogP contribution >= 0.6 is 0 Å². The Morgan fingerprint density at radius 3 is 2.54 bits per heavy atom. The molecule has 0 saturated carbocycles. The minimum atomic E-state index is -3.46. The molecule has 9 nitrogen and oxygen atoms in total. The Bertz CT molecular complexity index is 1560. The zero-order chi connectivity index (χ0) is 25.8. The summed E-state index contributed by atoms with van der Waals surface area (Å²) in [5, 5.41) is 7.53. The maximum Gasteiger partial charge on any atom is 0.259 e. The van der Waals surface area contributed by atoms with Crippen LogP contribution in [0, 0.1) is 0 Å². The van der Waals surface area contributed by atoms with Crippen LogP contribution in [0.3, 0.4) is 0 Å². The maximum absolute atomic E-state index is 12.8. The van der Waals surface area contributed by atoms with Crippen molar-refractivity contribution in [3.8, 4) is 0 Å². The van der Waals surface area contributed by atoms with Crippen molar-refractivity contribution in [3.05, 3.63) is 77.2 Å². The van der Waals surface area contributed by atoms with Crippen LogP contribution in [-0.4, -0.2) is 50.4 Å². The van der Waals surface area contributed by atoms with E-state index in [9.17, 15) is 13.2 Å². The van der Waals surface area contributed by atoms with Crippen LogP contribution < -0.4 is 21.1 Å². The number of rotatable bonds is 8. The van der Waals surface area contributed by atoms with Crippen molar-refractivity contribution in [1.82, 2.24) is 9.97 Å². The molecular formula is C27H29N5O4S. The van der Waals surface area contributed by atoms with E-state index < -0.39 is 9.84 Å². The monoisotopic (exact) mass is 519 g/mol. The maximum atomic E-state index is 12.8. The molecular weight excluding hydrogens is 490 g/mol. The molecule has 2 aromatic carbocycles. The number of fused-ring (bicyclic) bond motifs is 1. The predicted octanol–water partition coefficient (Wildman–Crippen LogP) is 4.43. The molecule has 10 heteroatoms. The lowest BCUT2D eigenvalue weighted by atomic mass is 10.2. The van der Waals surface area contributed by atoms with E-state index in [1.54, 1.807) is 42.6 Å². The highest BCUT2D eigenvalue weighted by Gasteiger charge is 2.19. The number of sulfone groups is 1. The van der Waals surface area contributed by atoms with Crippen molar-refractivity contribution in [2.45, 2.75) is 18.2 Å². The molecule has 3 N–H and O–H groups in total. The molecule has 1 aliphatic rings. The third kappa shape index (κ3) is 5.45. The van der Waals surface area contributed by atoms with Crippen LogP contribution in [0.1, 0.15) is 13.3 Å². The number of anilines is 5. The molecule has 0 unspecified atom stereocenters. The van der Waals surface area contributed by atoms with Crippen LogP contribution in [0.5, 0.6) is 0 Å². The van der Waals surface area contributed by atoms with Gasteiger partial charge in [-0.1, -0.05) is 19.1 Å². The van der Waals surface area contributed by atoms with Gasteiger partial charge >= 0.3 is 0 Å². The molecule has 1 aliphatic heterocycles. The van der Waals surface area contributed by atoms with E-state index in [2.05, 4.69) is 25.5 Å². The Morgan fingerprint density at radius 2 is 1.78 bits per heavy atom. The lowest BCUT2D eigenvalue weighted by Crippen LogP contribution is -2.36. The number of aromatic nitrogens is 2. The summed E-state index contributed by atoms with van der Waals surface area (Å²) in [5.41, 5.74) is 2.05. The van der Waals surface area contributed by atoms with Gasteiger partial charge in [-0.2, -0.15) is 0 Å². The van der Waals surface area contributed by atoms with E-state index in [0.717, 1.165) is 24.5 Å². The number of morpholine rings is 1. The van der Waals surface area contributed by atoms with Crippen molar-refractivity contribution in [2.24, 2.45) is 0 Å². The number of nitrogens with zero attached hydrogens (tertiary/aromatic N) is 2. The molecule has 1 saturated heterocycles. The van der Waals surface area contributed by atoms with Crippen LogP contribution in [0.4, 0.5) is 28.7 Å². The van der Waals surface area contributed by atoms with E-state index in [4.69, 9.17) is 4.74 Å². The number of hydrogen-bond donors (Lipinski definition) is 3. The van der Waals surface area contributed by atoms with Gasteiger partial charge in [0.2, 0.25) is 0 Å². The Labute approximate surface area is 215 Å². The summed E-state index contributed by atoms with van der Waals surface area (Å²) in [5.74, 6) is 0.846. The van der Waals surface area contributed by atoms with Crippen LogP contribution in [0.25, 0.3) is 10.8 Å². The number of para-hydroxylation sites is 1. The highest BCUT2D eigenvalue weighted by atomic mass is 32.2. The number of nitrogens with one attached hydrogen (secondary N) is 3. The number of benzene rings is 2. The molecule has 0 amide bonds. The fourth-order valence-electron chi connectivity index (χ4n) is 4.44. The molecule has 0 radical (unpaired) electrons. The third-order valence-electron chi connectivity index (χ3n) is 6.22. The minimum Gasteiger partial charge on any atom is -0.378 e.